The van der Waals surface area contributed by atoms with Crippen LogP contribution in [0.5, 0.6) is 5.06 Å². The number of thiophene rings is 1. The molecule has 0 aliphatic carbocycles. The van der Waals surface area contributed by atoms with Crippen molar-refractivity contribution >= 4 is 44.6 Å². The maximum absolute atomic E-state index is 6.04. The minimum atomic E-state index is 0.430. The normalized spacial score (nSPS) is 10.8. The molecule has 2 aromatic rings. The summed E-state index contributed by atoms with van der Waals surface area (Å²) in [5.74, 6) is 0.430. The Morgan fingerprint density at radius 1 is 1.43 bits per heavy atom. The molecule has 0 saturated heterocycles. The van der Waals surface area contributed by atoms with Crippen molar-refractivity contribution in [2.45, 2.75) is 5.88 Å². The van der Waals surface area contributed by atoms with Crippen molar-refractivity contribution in [2.75, 3.05) is 7.11 Å². The van der Waals surface area contributed by atoms with E-state index in [9.17, 15) is 0 Å². The molecule has 0 N–H and O–H groups in total. The molecule has 0 amide bonds. The molecule has 1 aromatic heterocycles. The van der Waals surface area contributed by atoms with Crippen molar-refractivity contribution in [1.29, 1.82) is 0 Å². The third kappa shape index (κ3) is 1.58. The Labute approximate surface area is 96.2 Å². The zero-order valence-electron chi connectivity index (χ0n) is 7.51. The highest BCUT2D eigenvalue weighted by Gasteiger charge is 2.09. The summed E-state index contributed by atoms with van der Waals surface area (Å²) in [6.45, 7) is 0. The van der Waals surface area contributed by atoms with Crippen molar-refractivity contribution in [1.82, 2.24) is 0 Å². The van der Waals surface area contributed by atoms with Gasteiger partial charge in [0.15, 0.2) is 5.06 Å². The topological polar surface area (TPSA) is 9.23 Å². The Morgan fingerprint density at radius 2 is 2.21 bits per heavy atom. The van der Waals surface area contributed by atoms with Gasteiger partial charge in [-0.25, -0.2) is 0 Å². The minimum Gasteiger partial charge on any atom is -0.487 e. The number of benzene rings is 1. The van der Waals surface area contributed by atoms with Crippen LogP contribution in [-0.4, -0.2) is 7.11 Å². The summed E-state index contributed by atoms with van der Waals surface area (Å²) in [6, 6.07) is 5.84. The molecule has 0 fully saturated rings. The number of fused-ring (bicyclic) bond motifs is 1. The van der Waals surface area contributed by atoms with Crippen LogP contribution in [0.1, 0.15) is 5.56 Å². The lowest BCUT2D eigenvalue weighted by Gasteiger charge is -2.00. The molecule has 1 aromatic carbocycles. The zero-order valence-corrected chi connectivity index (χ0v) is 9.84. The number of rotatable bonds is 2. The third-order valence-electron chi connectivity index (χ3n) is 2.04. The van der Waals surface area contributed by atoms with Crippen LogP contribution in [0, 0.1) is 0 Å². The summed E-state index contributed by atoms with van der Waals surface area (Å²) in [4.78, 5) is 0. The SMILES string of the molecule is COc1cc2ccc(Cl)c(CCl)c2s1. The molecule has 2 rings (SSSR count). The first-order valence-corrected chi connectivity index (χ1v) is 5.80. The van der Waals surface area contributed by atoms with E-state index in [2.05, 4.69) is 0 Å². The lowest BCUT2D eigenvalue weighted by atomic mass is 10.2. The summed E-state index contributed by atoms with van der Waals surface area (Å²) in [6.07, 6.45) is 0. The lowest BCUT2D eigenvalue weighted by molar-refractivity contribution is 0.427. The van der Waals surface area contributed by atoms with Crippen LogP contribution >= 0.6 is 34.5 Å². The fraction of sp³-hybridized carbons (Fsp3) is 0.200. The third-order valence-corrected chi connectivity index (χ3v) is 3.84. The van der Waals surface area contributed by atoms with Gasteiger partial charge in [-0.05, 0) is 17.5 Å². The predicted octanol–water partition coefficient (Wildman–Crippen LogP) is 4.30. The van der Waals surface area contributed by atoms with E-state index in [0.717, 1.165) is 25.7 Å². The maximum atomic E-state index is 6.04. The second-order valence-corrected chi connectivity index (χ2v) is 4.54. The van der Waals surface area contributed by atoms with Crippen LogP contribution in [-0.2, 0) is 5.88 Å². The molecule has 0 aliphatic rings. The van der Waals surface area contributed by atoms with Gasteiger partial charge in [0, 0.05) is 15.3 Å². The van der Waals surface area contributed by atoms with Crippen molar-refractivity contribution in [3.63, 3.8) is 0 Å². The molecule has 14 heavy (non-hydrogen) atoms. The molecular formula is C10H8Cl2OS. The van der Waals surface area contributed by atoms with E-state index < -0.39 is 0 Å². The Bertz CT molecular complexity index is 464. The first-order chi connectivity index (χ1) is 6.76. The van der Waals surface area contributed by atoms with E-state index >= 15 is 0 Å². The van der Waals surface area contributed by atoms with Crippen molar-refractivity contribution in [2.24, 2.45) is 0 Å². The monoisotopic (exact) mass is 246 g/mol. The standard InChI is InChI=1S/C10H8Cl2OS/c1-13-9-4-6-2-3-8(12)7(5-11)10(6)14-9/h2-4H,5H2,1H3. The van der Waals surface area contributed by atoms with Crippen LogP contribution in [0.3, 0.4) is 0 Å². The summed E-state index contributed by atoms with van der Waals surface area (Å²) >= 11 is 13.5. The summed E-state index contributed by atoms with van der Waals surface area (Å²) in [7, 11) is 1.66. The second-order valence-electron chi connectivity index (χ2n) is 2.85. The van der Waals surface area contributed by atoms with Crippen LogP contribution in [0.25, 0.3) is 10.1 Å². The fourth-order valence-electron chi connectivity index (χ4n) is 1.34. The van der Waals surface area contributed by atoms with E-state index in [4.69, 9.17) is 27.9 Å². The molecule has 74 valence electrons. The van der Waals surface area contributed by atoms with Gasteiger partial charge in [0.05, 0.1) is 13.0 Å². The molecule has 0 unspecified atom stereocenters. The zero-order chi connectivity index (χ0) is 10.1. The highest BCUT2D eigenvalue weighted by Crippen LogP contribution is 2.37. The van der Waals surface area contributed by atoms with Gasteiger partial charge in [-0.1, -0.05) is 29.0 Å². The van der Waals surface area contributed by atoms with Crippen molar-refractivity contribution in [3.05, 3.63) is 28.8 Å². The predicted molar refractivity (Wildman–Crippen MR) is 62.9 cm³/mol. The minimum absolute atomic E-state index is 0.430. The molecule has 0 spiro atoms. The Morgan fingerprint density at radius 3 is 2.86 bits per heavy atom. The van der Waals surface area contributed by atoms with E-state index in [1.165, 1.54) is 0 Å². The van der Waals surface area contributed by atoms with E-state index in [1.807, 2.05) is 18.2 Å². The molecule has 0 saturated carbocycles. The van der Waals surface area contributed by atoms with E-state index in [1.54, 1.807) is 18.4 Å². The molecule has 1 nitrogen and oxygen atoms in total. The molecule has 0 aliphatic heterocycles. The van der Waals surface area contributed by atoms with E-state index in [0.29, 0.717) is 5.88 Å². The molecule has 4 heteroatoms. The van der Waals surface area contributed by atoms with Gasteiger partial charge in [0.2, 0.25) is 0 Å². The molecule has 1 heterocycles. The molecular weight excluding hydrogens is 239 g/mol. The first kappa shape index (κ1) is 10.1. The number of ether oxygens (including phenoxy) is 1. The summed E-state index contributed by atoms with van der Waals surface area (Å²) in [5, 5.41) is 2.73. The average molecular weight is 247 g/mol. The molecule has 0 atom stereocenters. The van der Waals surface area contributed by atoms with E-state index in [-0.39, 0.29) is 0 Å². The number of alkyl halides is 1. The van der Waals surface area contributed by atoms with Gasteiger partial charge in [0.1, 0.15) is 0 Å². The largest absolute Gasteiger partial charge is 0.487 e. The van der Waals surface area contributed by atoms with Gasteiger partial charge in [0.25, 0.3) is 0 Å². The van der Waals surface area contributed by atoms with Crippen molar-refractivity contribution < 1.29 is 4.74 Å². The summed E-state index contributed by atoms with van der Waals surface area (Å²) in [5.41, 5.74) is 0.985. The second kappa shape index (κ2) is 3.97. The van der Waals surface area contributed by atoms with Gasteiger partial charge < -0.3 is 4.74 Å². The smallest absolute Gasteiger partial charge is 0.174 e. The van der Waals surface area contributed by atoms with Crippen molar-refractivity contribution in [3.8, 4) is 5.06 Å². The first-order valence-electron chi connectivity index (χ1n) is 4.07. The number of hydrogen-bond donors (Lipinski definition) is 0. The summed E-state index contributed by atoms with van der Waals surface area (Å²) < 4.78 is 6.29. The lowest BCUT2D eigenvalue weighted by Crippen LogP contribution is -1.79. The number of halogens is 2. The van der Waals surface area contributed by atoms with Gasteiger partial charge in [-0.3, -0.25) is 0 Å². The van der Waals surface area contributed by atoms with Gasteiger partial charge >= 0.3 is 0 Å². The van der Waals surface area contributed by atoms with Gasteiger partial charge in [-0.15, -0.1) is 11.6 Å². The quantitative estimate of drug-likeness (QED) is 0.719. The van der Waals surface area contributed by atoms with Crippen LogP contribution in [0.4, 0.5) is 0 Å². The Balaban J connectivity index is 2.73. The van der Waals surface area contributed by atoms with Crippen LogP contribution < -0.4 is 4.74 Å². The highest BCUT2D eigenvalue weighted by molar-refractivity contribution is 7.21. The number of hydrogen-bond acceptors (Lipinski definition) is 2. The Kier molecular flexibility index (Phi) is 2.86. The number of methoxy groups -OCH3 is 1. The van der Waals surface area contributed by atoms with Crippen LogP contribution in [0.15, 0.2) is 18.2 Å². The van der Waals surface area contributed by atoms with Gasteiger partial charge in [-0.2, -0.15) is 0 Å². The molecule has 0 bridgehead atoms. The Hall–Kier alpha value is -0.440. The average Bonchev–Trinajstić information content (AvgIpc) is 2.60. The molecule has 0 radical (unpaired) electrons. The maximum Gasteiger partial charge on any atom is 0.174 e. The fourth-order valence-corrected chi connectivity index (χ4v) is 3.06. The highest BCUT2D eigenvalue weighted by atomic mass is 35.5. The van der Waals surface area contributed by atoms with Crippen LogP contribution in [0.2, 0.25) is 5.02 Å².